The lowest BCUT2D eigenvalue weighted by Crippen LogP contribution is -2.46. The summed E-state index contributed by atoms with van der Waals surface area (Å²) >= 11 is 0. The Morgan fingerprint density at radius 3 is 3.08 bits per heavy atom. The van der Waals surface area contributed by atoms with Gasteiger partial charge in [0.25, 0.3) is 0 Å². The Morgan fingerprint density at radius 1 is 1.83 bits per heavy atom. The molecule has 1 unspecified atom stereocenters. The van der Waals surface area contributed by atoms with E-state index < -0.39 is 0 Å². The molecule has 0 aromatic carbocycles. The standard InChI is InChI=1S/C8H16N4/c1-6-7(5-8(9)10)11-3-4-12(6)2/h5-6,11H,3-4H2,1-2H3,(H3,9,10)/b7-5-. The van der Waals surface area contributed by atoms with Crippen molar-refractivity contribution in [2.75, 3.05) is 20.1 Å². The molecule has 1 aliphatic heterocycles. The third-order valence-corrected chi connectivity index (χ3v) is 2.22. The maximum atomic E-state index is 7.13. The highest BCUT2D eigenvalue weighted by atomic mass is 15.2. The first kappa shape index (κ1) is 9.06. The number of nitrogens with zero attached hydrogens (tertiary/aromatic N) is 1. The first-order valence-corrected chi connectivity index (χ1v) is 4.11. The van der Waals surface area contributed by atoms with E-state index in [0.717, 1.165) is 18.8 Å². The average Bonchev–Trinajstić information content (AvgIpc) is 1.98. The van der Waals surface area contributed by atoms with E-state index in [2.05, 4.69) is 24.2 Å². The normalized spacial score (nSPS) is 28.5. The highest BCUT2D eigenvalue weighted by molar-refractivity contribution is 5.89. The molecular formula is C8H16N4. The summed E-state index contributed by atoms with van der Waals surface area (Å²) in [4.78, 5) is 2.23. The molecule has 0 amide bonds. The van der Waals surface area contributed by atoms with E-state index in [1.165, 1.54) is 0 Å². The van der Waals surface area contributed by atoms with E-state index >= 15 is 0 Å². The minimum Gasteiger partial charge on any atom is -0.386 e. The molecule has 0 aromatic heterocycles. The summed E-state index contributed by atoms with van der Waals surface area (Å²) in [5, 5.41) is 10.4. The van der Waals surface area contributed by atoms with Crippen molar-refractivity contribution in [2.45, 2.75) is 13.0 Å². The zero-order chi connectivity index (χ0) is 9.14. The van der Waals surface area contributed by atoms with Crippen molar-refractivity contribution in [1.82, 2.24) is 10.2 Å². The van der Waals surface area contributed by atoms with E-state index in [0.29, 0.717) is 6.04 Å². The highest BCUT2D eigenvalue weighted by Gasteiger charge is 2.18. The molecule has 0 radical (unpaired) electrons. The second-order valence-corrected chi connectivity index (χ2v) is 3.14. The van der Waals surface area contributed by atoms with Gasteiger partial charge < -0.3 is 11.1 Å². The second-order valence-electron chi connectivity index (χ2n) is 3.14. The SMILES string of the molecule is CC1/C(=C/C(=N)N)NCCN1C. The molecule has 4 nitrogen and oxygen atoms in total. The smallest absolute Gasteiger partial charge is 0.117 e. The van der Waals surface area contributed by atoms with Gasteiger partial charge >= 0.3 is 0 Å². The van der Waals surface area contributed by atoms with Crippen molar-refractivity contribution in [1.29, 1.82) is 5.41 Å². The van der Waals surface area contributed by atoms with Crippen molar-refractivity contribution in [2.24, 2.45) is 5.73 Å². The zero-order valence-electron chi connectivity index (χ0n) is 7.59. The van der Waals surface area contributed by atoms with Crippen LogP contribution in [0.5, 0.6) is 0 Å². The van der Waals surface area contributed by atoms with Crippen LogP contribution in [0.4, 0.5) is 0 Å². The van der Waals surface area contributed by atoms with Gasteiger partial charge in [-0.05, 0) is 14.0 Å². The van der Waals surface area contributed by atoms with Crippen molar-refractivity contribution in [3.8, 4) is 0 Å². The summed E-state index contributed by atoms with van der Waals surface area (Å²) in [6, 6.07) is 0.336. The highest BCUT2D eigenvalue weighted by Crippen LogP contribution is 2.08. The molecule has 0 aromatic rings. The maximum absolute atomic E-state index is 7.13. The first-order valence-electron chi connectivity index (χ1n) is 4.11. The summed E-state index contributed by atoms with van der Waals surface area (Å²) in [6.07, 6.45) is 1.68. The number of piperazine rings is 1. The van der Waals surface area contributed by atoms with E-state index in [1.54, 1.807) is 6.08 Å². The lowest BCUT2D eigenvalue weighted by Gasteiger charge is -2.33. The number of hydrogen-bond donors (Lipinski definition) is 3. The molecule has 1 atom stereocenters. The van der Waals surface area contributed by atoms with Crippen molar-refractivity contribution >= 4 is 5.84 Å². The van der Waals surface area contributed by atoms with Gasteiger partial charge in [0.15, 0.2) is 0 Å². The predicted octanol–water partition coefficient (Wildman–Crippen LogP) is -0.270. The van der Waals surface area contributed by atoms with Crippen LogP contribution >= 0.6 is 0 Å². The molecule has 1 fully saturated rings. The fraction of sp³-hybridized carbons (Fsp3) is 0.625. The average molecular weight is 168 g/mol. The van der Waals surface area contributed by atoms with Gasteiger partial charge in [0.05, 0.1) is 0 Å². The van der Waals surface area contributed by atoms with Crippen LogP contribution < -0.4 is 11.1 Å². The molecule has 0 bridgehead atoms. The van der Waals surface area contributed by atoms with Crippen LogP contribution in [0.1, 0.15) is 6.92 Å². The first-order chi connectivity index (χ1) is 5.61. The molecule has 0 aliphatic carbocycles. The number of nitrogens with two attached hydrogens (primary N) is 1. The van der Waals surface area contributed by atoms with Crippen molar-refractivity contribution < 1.29 is 0 Å². The Morgan fingerprint density at radius 2 is 2.50 bits per heavy atom. The summed E-state index contributed by atoms with van der Waals surface area (Å²) in [6.45, 7) is 4.07. The fourth-order valence-corrected chi connectivity index (χ4v) is 1.29. The number of hydrogen-bond acceptors (Lipinski definition) is 3. The molecular weight excluding hydrogens is 152 g/mol. The lowest BCUT2D eigenvalue weighted by molar-refractivity contribution is 0.249. The lowest BCUT2D eigenvalue weighted by atomic mass is 10.1. The molecule has 68 valence electrons. The van der Waals surface area contributed by atoms with Crippen molar-refractivity contribution in [3.63, 3.8) is 0 Å². The molecule has 1 aliphatic rings. The third-order valence-electron chi connectivity index (χ3n) is 2.22. The van der Waals surface area contributed by atoms with Gasteiger partial charge in [0.2, 0.25) is 0 Å². The van der Waals surface area contributed by atoms with E-state index in [-0.39, 0.29) is 5.84 Å². The van der Waals surface area contributed by atoms with E-state index in [9.17, 15) is 0 Å². The quantitative estimate of drug-likeness (QED) is 0.373. The van der Waals surface area contributed by atoms with Crippen LogP contribution in [0.15, 0.2) is 11.8 Å². The Balaban J connectivity index is 2.70. The zero-order valence-corrected chi connectivity index (χ0v) is 7.59. The molecule has 0 spiro atoms. The van der Waals surface area contributed by atoms with Gasteiger partial charge in [-0.15, -0.1) is 0 Å². The van der Waals surface area contributed by atoms with Gasteiger partial charge in [-0.25, -0.2) is 0 Å². The summed E-state index contributed by atoms with van der Waals surface area (Å²) in [5.74, 6) is 0.111. The summed E-state index contributed by atoms with van der Waals surface area (Å²) in [5.41, 5.74) is 6.32. The maximum Gasteiger partial charge on any atom is 0.117 e. The number of rotatable bonds is 1. The minimum atomic E-state index is 0.111. The molecule has 12 heavy (non-hydrogen) atoms. The van der Waals surface area contributed by atoms with Gasteiger partial charge in [-0.2, -0.15) is 0 Å². The number of amidine groups is 1. The third kappa shape index (κ3) is 1.98. The summed E-state index contributed by atoms with van der Waals surface area (Å²) in [7, 11) is 2.07. The van der Waals surface area contributed by atoms with Gasteiger partial charge in [0, 0.05) is 30.9 Å². The minimum absolute atomic E-state index is 0.111. The predicted molar refractivity (Wildman–Crippen MR) is 50.1 cm³/mol. The Bertz CT molecular complexity index is 209. The monoisotopic (exact) mass is 168 g/mol. The van der Waals surface area contributed by atoms with Crippen LogP contribution in [-0.4, -0.2) is 36.9 Å². The van der Waals surface area contributed by atoms with Crippen LogP contribution in [0.2, 0.25) is 0 Å². The number of nitrogens with one attached hydrogen (secondary N) is 2. The Hall–Kier alpha value is -1.03. The molecule has 4 N–H and O–H groups in total. The van der Waals surface area contributed by atoms with Crippen molar-refractivity contribution in [3.05, 3.63) is 11.8 Å². The van der Waals surface area contributed by atoms with Gasteiger partial charge in [-0.1, -0.05) is 0 Å². The molecule has 4 heteroatoms. The molecule has 1 rings (SSSR count). The topological polar surface area (TPSA) is 65.1 Å². The largest absolute Gasteiger partial charge is 0.386 e. The Kier molecular flexibility index (Phi) is 2.70. The molecule has 1 saturated heterocycles. The van der Waals surface area contributed by atoms with Crippen LogP contribution in [0, 0.1) is 5.41 Å². The molecule has 1 heterocycles. The van der Waals surface area contributed by atoms with Gasteiger partial charge in [0.1, 0.15) is 5.84 Å². The van der Waals surface area contributed by atoms with Gasteiger partial charge in [-0.3, -0.25) is 10.3 Å². The van der Waals surface area contributed by atoms with Crippen LogP contribution in [-0.2, 0) is 0 Å². The van der Waals surface area contributed by atoms with Crippen LogP contribution in [0.25, 0.3) is 0 Å². The second kappa shape index (κ2) is 3.58. The summed E-state index contributed by atoms with van der Waals surface area (Å²) < 4.78 is 0. The fourth-order valence-electron chi connectivity index (χ4n) is 1.29. The number of likely N-dealkylation sites (N-methyl/N-ethyl adjacent to an activating group) is 1. The van der Waals surface area contributed by atoms with E-state index in [4.69, 9.17) is 11.1 Å². The van der Waals surface area contributed by atoms with Crippen LogP contribution in [0.3, 0.4) is 0 Å². The van der Waals surface area contributed by atoms with E-state index in [1.807, 2.05) is 0 Å². The molecule has 0 saturated carbocycles. The Labute approximate surface area is 72.9 Å².